The first-order chi connectivity index (χ1) is 8.49. The average molecular weight is 247 g/mol. The number of hydrogen-bond acceptors (Lipinski definition) is 2. The number of aromatic nitrogens is 2. The SMILES string of the molecule is Cc1cc(C)n(-c2cccc(F)c2CC(C)N)n1. The van der Waals surface area contributed by atoms with Crippen LogP contribution in [0.2, 0.25) is 0 Å². The highest BCUT2D eigenvalue weighted by atomic mass is 19.1. The van der Waals surface area contributed by atoms with Gasteiger partial charge in [0.05, 0.1) is 11.4 Å². The lowest BCUT2D eigenvalue weighted by atomic mass is 10.0. The van der Waals surface area contributed by atoms with E-state index in [1.807, 2.05) is 32.9 Å². The zero-order valence-corrected chi connectivity index (χ0v) is 10.9. The van der Waals surface area contributed by atoms with Crippen molar-refractivity contribution in [3.05, 3.63) is 47.0 Å². The Morgan fingerprint density at radius 1 is 1.39 bits per heavy atom. The van der Waals surface area contributed by atoms with Gasteiger partial charge < -0.3 is 5.73 Å². The van der Waals surface area contributed by atoms with Gasteiger partial charge in [-0.05, 0) is 45.4 Å². The van der Waals surface area contributed by atoms with Gasteiger partial charge in [-0.25, -0.2) is 9.07 Å². The average Bonchev–Trinajstić information content (AvgIpc) is 2.60. The van der Waals surface area contributed by atoms with E-state index in [4.69, 9.17) is 5.73 Å². The van der Waals surface area contributed by atoms with Gasteiger partial charge in [0.1, 0.15) is 5.82 Å². The zero-order valence-electron chi connectivity index (χ0n) is 10.9. The summed E-state index contributed by atoms with van der Waals surface area (Å²) in [5, 5.41) is 4.40. The van der Waals surface area contributed by atoms with Gasteiger partial charge in [0.2, 0.25) is 0 Å². The van der Waals surface area contributed by atoms with E-state index in [0.717, 1.165) is 17.1 Å². The first kappa shape index (κ1) is 12.8. The van der Waals surface area contributed by atoms with E-state index in [9.17, 15) is 4.39 Å². The second kappa shape index (κ2) is 4.90. The third kappa shape index (κ3) is 2.43. The van der Waals surface area contributed by atoms with Crippen LogP contribution >= 0.6 is 0 Å². The summed E-state index contributed by atoms with van der Waals surface area (Å²) in [7, 11) is 0. The molecule has 0 saturated heterocycles. The second-order valence-electron chi connectivity index (χ2n) is 4.76. The minimum Gasteiger partial charge on any atom is -0.328 e. The molecule has 96 valence electrons. The Balaban J connectivity index is 2.56. The van der Waals surface area contributed by atoms with Gasteiger partial charge >= 0.3 is 0 Å². The molecule has 0 aliphatic rings. The number of hydrogen-bond donors (Lipinski definition) is 1. The molecule has 4 heteroatoms. The highest BCUT2D eigenvalue weighted by molar-refractivity contribution is 5.43. The van der Waals surface area contributed by atoms with E-state index in [-0.39, 0.29) is 11.9 Å². The summed E-state index contributed by atoms with van der Waals surface area (Å²) in [6.07, 6.45) is 0.500. The third-order valence-electron chi connectivity index (χ3n) is 2.86. The lowest BCUT2D eigenvalue weighted by Crippen LogP contribution is -2.20. The zero-order chi connectivity index (χ0) is 13.3. The Morgan fingerprint density at radius 2 is 2.11 bits per heavy atom. The minimum absolute atomic E-state index is 0.0855. The van der Waals surface area contributed by atoms with Gasteiger partial charge in [-0.2, -0.15) is 5.10 Å². The highest BCUT2D eigenvalue weighted by Gasteiger charge is 2.14. The number of benzene rings is 1. The molecule has 0 spiro atoms. The van der Waals surface area contributed by atoms with Crippen molar-refractivity contribution in [3.63, 3.8) is 0 Å². The van der Waals surface area contributed by atoms with Crippen molar-refractivity contribution in [2.75, 3.05) is 0 Å². The van der Waals surface area contributed by atoms with Gasteiger partial charge in [0.15, 0.2) is 0 Å². The van der Waals surface area contributed by atoms with Crippen molar-refractivity contribution in [1.82, 2.24) is 9.78 Å². The molecule has 18 heavy (non-hydrogen) atoms. The largest absolute Gasteiger partial charge is 0.328 e. The van der Waals surface area contributed by atoms with Crippen LogP contribution in [-0.4, -0.2) is 15.8 Å². The van der Waals surface area contributed by atoms with Gasteiger partial charge in [0.25, 0.3) is 0 Å². The normalized spacial score (nSPS) is 12.7. The Hall–Kier alpha value is -1.68. The second-order valence-corrected chi connectivity index (χ2v) is 4.76. The summed E-state index contributed by atoms with van der Waals surface area (Å²) < 4.78 is 15.7. The van der Waals surface area contributed by atoms with E-state index < -0.39 is 0 Å². The predicted octanol–water partition coefficient (Wildman–Crippen LogP) is 2.52. The number of aryl methyl sites for hydroxylation is 2. The molecule has 0 aliphatic heterocycles. The Bertz CT molecular complexity index is 558. The fraction of sp³-hybridized carbons (Fsp3) is 0.357. The molecule has 1 aromatic heterocycles. The number of halogens is 1. The molecule has 0 bridgehead atoms. The van der Waals surface area contributed by atoms with Crippen LogP contribution in [0.4, 0.5) is 4.39 Å². The van der Waals surface area contributed by atoms with Gasteiger partial charge in [0, 0.05) is 17.3 Å². The fourth-order valence-corrected chi connectivity index (χ4v) is 2.14. The summed E-state index contributed by atoms with van der Waals surface area (Å²) in [4.78, 5) is 0. The van der Waals surface area contributed by atoms with E-state index in [1.54, 1.807) is 10.7 Å². The number of nitrogens with zero attached hydrogens (tertiary/aromatic N) is 2. The van der Waals surface area contributed by atoms with E-state index in [1.165, 1.54) is 6.07 Å². The molecule has 2 rings (SSSR count). The van der Waals surface area contributed by atoms with Crippen LogP contribution in [-0.2, 0) is 6.42 Å². The lowest BCUT2D eigenvalue weighted by molar-refractivity contribution is 0.591. The quantitative estimate of drug-likeness (QED) is 0.905. The molecule has 2 aromatic rings. The van der Waals surface area contributed by atoms with Crippen LogP contribution in [0.5, 0.6) is 0 Å². The van der Waals surface area contributed by atoms with Crippen LogP contribution in [0, 0.1) is 19.7 Å². The maximum Gasteiger partial charge on any atom is 0.128 e. The summed E-state index contributed by atoms with van der Waals surface area (Å²) >= 11 is 0. The van der Waals surface area contributed by atoms with Crippen LogP contribution < -0.4 is 5.73 Å². The lowest BCUT2D eigenvalue weighted by Gasteiger charge is -2.13. The van der Waals surface area contributed by atoms with Crippen molar-refractivity contribution in [2.24, 2.45) is 5.73 Å². The van der Waals surface area contributed by atoms with Crippen molar-refractivity contribution < 1.29 is 4.39 Å². The minimum atomic E-state index is -0.225. The molecule has 1 aromatic carbocycles. The molecule has 0 fully saturated rings. The number of nitrogens with two attached hydrogens (primary N) is 1. The van der Waals surface area contributed by atoms with E-state index in [2.05, 4.69) is 5.10 Å². The summed E-state index contributed by atoms with van der Waals surface area (Å²) in [5.74, 6) is -0.225. The Labute approximate surface area is 106 Å². The maximum absolute atomic E-state index is 13.9. The predicted molar refractivity (Wildman–Crippen MR) is 70.3 cm³/mol. The van der Waals surface area contributed by atoms with Crippen molar-refractivity contribution in [1.29, 1.82) is 0 Å². The van der Waals surface area contributed by atoms with Gasteiger partial charge in [-0.15, -0.1) is 0 Å². The Morgan fingerprint density at radius 3 is 2.67 bits per heavy atom. The first-order valence-corrected chi connectivity index (χ1v) is 6.05. The summed E-state index contributed by atoms with van der Waals surface area (Å²) in [6.45, 7) is 5.76. The van der Waals surface area contributed by atoms with Crippen LogP contribution in [0.15, 0.2) is 24.3 Å². The molecular weight excluding hydrogens is 229 g/mol. The standard InChI is InChI=1S/C14H18FN3/c1-9(16)7-12-13(15)5-4-6-14(12)18-11(3)8-10(2)17-18/h4-6,8-9H,7,16H2,1-3H3. The van der Waals surface area contributed by atoms with Crippen molar-refractivity contribution in [3.8, 4) is 5.69 Å². The first-order valence-electron chi connectivity index (χ1n) is 6.05. The molecule has 3 nitrogen and oxygen atoms in total. The molecule has 2 N–H and O–H groups in total. The monoisotopic (exact) mass is 247 g/mol. The van der Waals surface area contributed by atoms with Crippen LogP contribution in [0.1, 0.15) is 23.9 Å². The van der Waals surface area contributed by atoms with Crippen molar-refractivity contribution in [2.45, 2.75) is 33.2 Å². The van der Waals surface area contributed by atoms with E-state index in [0.29, 0.717) is 12.0 Å². The molecule has 1 unspecified atom stereocenters. The van der Waals surface area contributed by atoms with E-state index >= 15 is 0 Å². The molecule has 1 atom stereocenters. The Kier molecular flexibility index (Phi) is 3.48. The number of rotatable bonds is 3. The van der Waals surface area contributed by atoms with Gasteiger partial charge in [-0.1, -0.05) is 6.07 Å². The summed E-state index contributed by atoms with van der Waals surface area (Å²) in [5.41, 5.74) is 9.10. The molecule has 0 amide bonds. The fourth-order valence-electron chi connectivity index (χ4n) is 2.14. The summed E-state index contributed by atoms with van der Waals surface area (Å²) in [6, 6.07) is 6.93. The topological polar surface area (TPSA) is 43.8 Å². The smallest absolute Gasteiger partial charge is 0.128 e. The molecule has 0 saturated carbocycles. The van der Waals surface area contributed by atoms with Crippen molar-refractivity contribution >= 4 is 0 Å². The maximum atomic E-state index is 13.9. The van der Waals surface area contributed by atoms with Gasteiger partial charge in [-0.3, -0.25) is 0 Å². The highest BCUT2D eigenvalue weighted by Crippen LogP contribution is 2.21. The molecule has 1 heterocycles. The molecule has 0 radical (unpaired) electrons. The molecule has 0 aliphatic carbocycles. The van der Waals surface area contributed by atoms with Crippen LogP contribution in [0.25, 0.3) is 5.69 Å². The third-order valence-corrected chi connectivity index (χ3v) is 2.86. The molecular formula is C14H18FN3. The van der Waals surface area contributed by atoms with Crippen LogP contribution in [0.3, 0.4) is 0 Å².